The molecule has 8 amide bonds. The molecule has 0 spiro atoms. The third-order valence-corrected chi connectivity index (χ3v) is 17.6. The van der Waals surface area contributed by atoms with Crippen molar-refractivity contribution in [1.82, 2.24) is 42.5 Å². The Labute approximate surface area is 568 Å². The second-order valence-corrected chi connectivity index (χ2v) is 26.3. The van der Waals surface area contributed by atoms with E-state index in [1.54, 1.807) is 6.92 Å². The van der Waals surface area contributed by atoms with Gasteiger partial charge in [0.15, 0.2) is 10.8 Å². The van der Waals surface area contributed by atoms with E-state index in [9.17, 15) is 78.3 Å². The number of hydrogen-bond acceptors (Lipinski definition) is 16. The molecule has 0 aliphatic carbocycles. The number of fused-ring (bicyclic) bond motifs is 4. The fourth-order valence-corrected chi connectivity index (χ4v) is 12.1. The number of carboxylic acid groups (broad SMARTS) is 3. The summed E-state index contributed by atoms with van der Waals surface area (Å²) in [6.07, 6.45) is 14.5. The number of nitrogens with zero attached hydrogens (tertiary/aromatic N) is 2. The number of urea groups is 1. The molecular formula is C69H95N10O17S+. The molecule has 6 atom stereocenters. The Kier molecular flexibility index (Phi) is 31.4. The number of unbranched alkanes of at least 4 members (excludes halogenated alkanes) is 4. The number of nitrogens with one attached hydrogen (secondary N) is 8. The second kappa shape index (κ2) is 38.7. The van der Waals surface area contributed by atoms with Crippen molar-refractivity contribution in [1.29, 1.82) is 0 Å². The minimum Gasteiger partial charge on any atom is -0.481 e. The van der Waals surface area contributed by atoms with Crippen molar-refractivity contribution in [2.45, 2.75) is 160 Å². The highest BCUT2D eigenvalue weighted by molar-refractivity contribution is 8.14. The number of amides is 8. The quantitative estimate of drug-likeness (QED) is 0.0219. The van der Waals surface area contributed by atoms with Crippen molar-refractivity contribution < 1.29 is 88.0 Å². The summed E-state index contributed by atoms with van der Waals surface area (Å²) in [5, 5.41) is 78.7. The maximum absolute atomic E-state index is 13.1. The molecule has 1 unspecified atom stereocenters. The predicted octanol–water partition coefficient (Wildman–Crippen LogP) is 3.68. The molecule has 2 heterocycles. The minimum absolute atomic E-state index is 0.0141. The van der Waals surface area contributed by atoms with Crippen LogP contribution in [0.3, 0.4) is 0 Å². The number of aliphatic hydroxyl groups is 3. The number of rotatable bonds is 41. The van der Waals surface area contributed by atoms with Gasteiger partial charge in [-0.25, -0.2) is 14.4 Å². The number of hydrogen-bond donors (Lipinski definition) is 14. The normalized spacial score (nSPS) is 15.9. The molecule has 28 heteroatoms. The third kappa shape index (κ3) is 23.7. The maximum Gasteiger partial charge on any atom is 0.326 e. The van der Waals surface area contributed by atoms with Crippen LogP contribution in [0.15, 0.2) is 96.7 Å². The summed E-state index contributed by atoms with van der Waals surface area (Å²) in [5.41, 5.74) is 6.27. The van der Waals surface area contributed by atoms with E-state index in [1.807, 2.05) is 24.3 Å². The van der Waals surface area contributed by atoms with Crippen LogP contribution in [-0.4, -0.2) is 194 Å². The Balaban J connectivity index is 1.12. The van der Waals surface area contributed by atoms with Crippen LogP contribution in [0, 0.1) is 5.92 Å². The van der Waals surface area contributed by atoms with Gasteiger partial charge in [-0.1, -0.05) is 99.6 Å². The van der Waals surface area contributed by atoms with Crippen LogP contribution < -0.4 is 47.4 Å². The van der Waals surface area contributed by atoms with Crippen molar-refractivity contribution in [2.24, 2.45) is 5.92 Å². The lowest BCUT2D eigenvalue weighted by Crippen LogP contribution is -2.59. The zero-order valence-electron chi connectivity index (χ0n) is 56.0. The van der Waals surface area contributed by atoms with E-state index >= 15 is 0 Å². The molecule has 0 aromatic heterocycles. The molecule has 0 bridgehead atoms. The van der Waals surface area contributed by atoms with Crippen molar-refractivity contribution in [2.75, 3.05) is 63.2 Å². The van der Waals surface area contributed by atoms with E-state index in [0.29, 0.717) is 63.5 Å². The molecule has 0 radical (unpaired) electrons. The molecule has 0 saturated heterocycles. The van der Waals surface area contributed by atoms with Crippen molar-refractivity contribution >= 4 is 104 Å². The maximum atomic E-state index is 13.1. The lowest BCUT2D eigenvalue weighted by atomic mass is 9.79. The van der Waals surface area contributed by atoms with E-state index in [4.69, 9.17) is 5.11 Å². The molecule has 0 saturated carbocycles. The fraction of sp³-hybridized carbons (Fsp3) is 0.507. The van der Waals surface area contributed by atoms with Crippen LogP contribution in [0.5, 0.6) is 0 Å². The van der Waals surface area contributed by atoms with Gasteiger partial charge in [0.25, 0.3) is 0 Å². The zero-order chi connectivity index (χ0) is 71.4. The first-order valence-corrected chi connectivity index (χ1v) is 33.6. The standard InChI is InChI=1S/C69H94N10O17S/c1-43(38-72-62(89)50(39-80)74-64(91)52(41-82)75-63(90)51(40-81)73-59(86)42-97-44(2)83)37-58(85)71-34-18-20-36-79-54-31-29-45-21-12-13-22-46(45)61(54)69(5,6)56(79)27-10-7-9-26-55-68(3,4)47-23-14-15-25-53(47)78(55)35-19-8-11-28-57(84)70-33-17-16-24-48(65(92)93)76-67(96)77-49(66(94)95)30-32-60(87)88/h7,9-10,12-15,21-23,25-27,29,31,43,48-52,80-82H,8,11,16-20,24,28,30,32-42H2,1-6H3,(H10-,70,71,72,73,74,75,76,77,84,85,86,87,88,89,90,91,92,93,94,95,96)/p+1/t43?,48-,49-,50+,51+,52+/m0/s1. The molecule has 27 nitrogen and oxygen atoms in total. The molecule has 5 rings (SSSR count). The number of carbonyl (C=O) groups excluding carboxylic acids is 8. The monoisotopic (exact) mass is 1370 g/mol. The molecule has 14 N–H and O–H groups in total. The summed E-state index contributed by atoms with van der Waals surface area (Å²) in [6.45, 7) is 11.4. The Morgan fingerprint density at radius 2 is 1.20 bits per heavy atom. The van der Waals surface area contributed by atoms with Crippen LogP contribution >= 0.6 is 11.8 Å². The summed E-state index contributed by atoms with van der Waals surface area (Å²) in [6, 6.07) is 12.5. The van der Waals surface area contributed by atoms with Crippen LogP contribution in [0.25, 0.3) is 10.8 Å². The number of carboxylic acids is 3. The number of aliphatic hydroxyl groups excluding tert-OH is 3. The first-order valence-electron chi connectivity index (χ1n) is 32.7. The van der Waals surface area contributed by atoms with Gasteiger partial charge in [0.05, 0.1) is 31.0 Å². The highest BCUT2D eigenvalue weighted by Crippen LogP contribution is 2.48. The molecule has 3 aromatic carbocycles. The Morgan fingerprint density at radius 3 is 1.85 bits per heavy atom. The van der Waals surface area contributed by atoms with Gasteiger partial charge in [0.2, 0.25) is 41.1 Å². The average Bonchev–Trinajstić information content (AvgIpc) is 1.59. The highest BCUT2D eigenvalue weighted by Gasteiger charge is 2.45. The molecule has 3 aromatic rings. The van der Waals surface area contributed by atoms with Gasteiger partial charge in [0.1, 0.15) is 36.8 Å². The SMILES string of the molecule is CC(=O)SCC(=O)N[C@H](CO)C(=O)N[C@H](CO)C(=O)N[C@H](CO)C(=O)NCC(C)CC(=O)NCCCC[N+]1=C(C=CC=CC=C2N(CCCCCC(=O)NCCCC[C@H](NC(=O)N[C@@H](CCC(=O)O)C(=O)O)C(=O)O)c3ccccc3C2(C)C)C(C)(C)c2c1ccc1ccccc21. The van der Waals surface area contributed by atoms with Gasteiger partial charge in [-0.05, 0) is 99.3 Å². The van der Waals surface area contributed by atoms with Gasteiger partial charge in [-0.15, -0.1) is 0 Å². The first kappa shape index (κ1) is 78.7. The number of benzene rings is 3. The van der Waals surface area contributed by atoms with Crippen molar-refractivity contribution in [3.8, 4) is 0 Å². The highest BCUT2D eigenvalue weighted by atomic mass is 32.2. The van der Waals surface area contributed by atoms with E-state index in [0.717, 1.165) is 54.0 Å². The molecule has 528 valence electrons. The smallest absolute Gasteiger partial charge is 0.326 e. The molecule has 2 aliphatic heterocycles. The van der Waals surface area contributed by atoms with E-state index in [-0.39, 0.29) is 65.2 Å². The van der Waals surface area contributed by atoms with E-state index in [1.165, 1.54) is 23.4 Å². The fourth-order valence-electron chi connectivity index (χ4n) is 11.7. The lowest BCUT2D eigenvalue weighted by molar-refractivity contribution is -0.438. The number of allylic oxidation sites excluding steroid dienone is 6. The third-order valence-electron chi connectivity index (χ3n) is 16.8. The number of thioether (sulfide) groups is 1. The largest absolute Gasteiger partial charge is 0.481 e. The van der Waals surface area contributed by atoms with Gasteiger partial charge in [0, 0.05) is 93.3 Å². The van der Waals surface area contributed by atoms with Crippen LogP contribution in [0.2, 0.25) is 0 Å². The van der Waals surface area contributed by atoms with Crippen LogP contribution in [0.1, 0.15) is 130 Å². The number of aliphatic carboxylic acids is 3. The molecule has 0 fully saturated rings. The minimum atomic E-state index is -1.63. The van der Waals surface area contributed by atoms with Crippen molar-refractivity contribution in [3.05, 3.63) is 108 Å². The average molecular weight is 1370 g/mol. The summed E-state index contributed by atoms with van der Waals surface area (Å²) in [5.74, 6) is -8.63. The number of anilines is 1. The summed E-state index contributed by atoms with van der Waals surface area (Å²) in [4.78, 5) is 137. The van der Waals surface area contributed by atoms with Gasteiger partial charge >= 0.3 is 23.9 Å². The summed E-state index contributed by atoms with van der Waals surface area (Å²) >= 11 is 0.685. The van der Waals surface area contributed by atoms with E-state index < -0.39 is 104 Å². The van der Waals surface area contributed by atoms with Crippen LogP contribution in [0.4, 0.5) is 16.2 Å². The van der Waals surface area contributed by atoms with E-state index in [2.05, 4.69) is 146 Å². The Bertz CT molecular complexity index is 3440. The van der Waals surface area contributed by atoms with Gasteiger partial charge in [-0.2, -0.15) is 4.58 Å². The number of carbonyl (C=O) groups is 11. The number of para-hydroxylation sites is 1. The lowest BCUT2D eigenvalue weighted by Gasteiger charge is -2.27. The topological polar surface area (TPSA) is 412 Å². The molecule has 97 heavy (non-hydrogen) atoms. The Hall–Kier alpha value is -8.99. The second-order valence-electron chi connectivity index (χ2n) is 25.1. The zero-order valence-corrected chi connectivity index (χ0v) is 56.8. The molecular weight excluding hydrogens is 1270 g/mol. The van der Waals surface area contributed by atoms with Crippen molar-refractivity contribution in [3.63, 3.8) is 0 Å². The summed E-state index contributed by atoms with van der Waals surface area (Å²) in [7, 11) is 0. The Morgan fingerprint density at radius 1 is 0.588 bits per heavy atom. The molecule has 2 aliphatic rings. The van der Waals surface area contributed by atoms with Gasteiger partial charge in [-0.3, -0.25) is 38.4 Å². The first-order chi connectivity index (χ1) is 46.1. The summed E-state index contributed by atoms with van der Waals surface area (Å²) < 4.78 is 2.36. The predicted molar refractivity (Wildman–Crippen MR) is 366 cm³/mol. The van der Waals surface area contributed by atoms with Gasteiger partial charge < -0.3 is 78.1 Å². The van der Waals surface area contributed by atoms with Crippen LogP contribution in [-0.2, 0) is 58.8 Å².